The number of methoxy groups -OCH3 is 1. The van der Waals surface area contributed by atoms with Crippen LogP contribution in [0.1, 0.15) is 12.0 Å². The molecule has 1 atom stereocenters. The molecule has 1 saturated heterocycles. The largest absolute Gasteiger partial charge is 0.496 e. The second-order valence-electron chi connectivity index (χ2n) is 5.70. The predicted molar refractivity (Wildman–Crippen MR) is 89.5 cm³/mol. The lowest BCUT2D eigenvalue weighted by molar-refractivity contribution is -0.129. The molecule has 2 heterocycles. The van der Waals surface area contributed by atoms with Gasteiger partial charge in [0, 0.05) is 37.1 Å². The maximum Gasteiger partial charge on any atom is 0.227 e. The smallest absolute Gasteiger partial charge is 0.227 e. The van der Waals surface area contributed by atoms with E-state index in [1.54, 1.807) is 19.5 Å². The summed E-state index contributed by atoms with van der Waals surface area (Å²) >= 11 is 0. The van der Waals surface area contributed by atoms with Gasteiger partial charge in [0.25, 0.3) is 0 Å². The predicted octanol–water partition coefficient (Wildman–Crippen LogP) is 2.35. The zero-order chi connectivity index (χ0) is 16.1. The van der Waals surface area contributed by atoms with Gasteiger partial charge in [-0.15, -0.1) is 0 Å². The van der Waals surface area contributed by atoms with Crippen LogP contribution in [0.2, 0.25) is 0 Å². The van der Waals surface area contributed by atoms with Gasteiger partial charge in [-0.25, -0.2) is 0 Å². The molecule has 2 aromatic rings. The molecule has 0 bridgehead atoms. The van der Waals surface area contributed by atoms with Gasteiger partial charge < -0.3 is 15.0 Å². The number of pyridine rings is 1. The molecule has 120 valence electrons. The highest BCUT2D eigenvalue weighted by molar-refractivity contribution is 5.80. The molecule has 23 heavy (non-hydrogen) atoms. The minimum absolute atomic E-state index is 0.144. The van der Waals surface area contributed by atoms with Crippen LogP contribution in [0.25, 0.3) is 0 Å². The molecule has 1 N–H and O–H groups in total. The standard InChI is InChI=1S/C18H21N3O2/c1-23-17-7-3-2-5-14(17)11-18(22)21-10-8-16(13-21)20-15-6-4-9-19-12-15/h2-7,9,12,16,20H,8,10-11,13H2,1H3. The summed E-state index contributed by atoms with van der Waals surface area (Å²) in [5.74, 6) is 0.912. The Balaban J connectivity index is 1.57. The number of para-hydroxylation sites is 1. The van der Waals surface area contributed by atoms with Gasteiger partial charge in [-0.05, 0) is 24.6 Å². The van der Waals surface area contributed by atoms with Crippen molar-refractivity contribution in [2.24, 2.45) is 0 Å². The summed E-state index contributed by atoms with van der Waals surface area (Å²) in [7, 11) is 1.63. The molecule has 0 radical (unpaired) electrons. The zero-order valence-electron chi connectivity index (χ0n) is 13.2. The average Bonchev–Trinajstić information content (AvgIpc) is 3.05. The number of ether oxygens (including phenoxy) is 1. The molecule has 1 aromatic carbocycles. The first-order valence-electron chi connectivity index (χ1n) is 7.82. The summed E-state index contributed by atoms with van der Waals surface area (Å²) in [6.07, 6.45) is 4.89. The summed E-state index contributed by atoms with van der Waals surface area (Å²) in [4.78, 5) is 18.5. The fourth-order valence-electron chi connectivity index (χ4n) is 2.91. The molecule has 1 fully saturated rings. The van der Waals surface area contributed by atoms with Crippen LogP contribution in [0.4, 0.5) is 5.69 Å². The Bertz CT molecular complexity index is 660. The first-order valence-corrected chi connectivity index (χ1v) is 7.82. The van der Waals surface area contributed by atoms with E-state index in [1.807, 2.05) is 41.3 Å². The van der Waals surface area contributed by atoms with Crippen molar-refractivity contribution in [1.29, 1.82) is 0 Å². The van der Waals surface area contributed by atoms with Crippen LogP contribution in [0.5, 0.6) is 5.75 Å². The van der Waals surface area contributed by atoms with E-state index in [0.717, 1.165) is 36.5 Å². The van der Waals surface area contributed by atoms with Gasteiger partial charge >= 0.3 is 0 Å². The van der Waals surface area contributed by atoms with Gasteiger partial charge in [0.1, 0.15) is 5.75 Å². The summed E-state index contributed by atoms with van der Waals surface area (Å²) in [6.45, 7) is 1.51. The minimum atomic E-state index is 0.144. The summed E-state index contributed by atoms with van der Waals surface area (Å²) in [5.41, 5.74) is 1.93. The van der Waals surface area contributed by atoms with Crippen molar-refractivity contribution >= 4 is 11.6 Å². The highest BCUT2D eigenvalue weighted by atomic mass is 16.5. The zero-order valence-corrected chi connectivity index (χ0v) is 13.2. The third-order valence-electron chi connectivity index (χ3n) is 4.11. The number of carbonyl (C=O) groups is 1. The fraction of sp³-hybridized carbons (Fsp3) is 0.333. The van der Waals surface area contributed by atoms with Crippen molar-refractivity contribution in [2.75, 3.05) is 25.5 Å². The molecular formula is C18H21N3O2. The number of anilines is 1. The van der Waals surface area contributed by atoms with Crippen molar-refractivity contribution in [3.63, 3.8) is 0 Å². The average molecular weight is 311 g/mol. The van der Waals surface area contributed by atoms with Crippen LogP contribution < -0.4 is 10.1 Å². The number of rotatable bonds is 5. The first-order chi connectivity index (χ1) is 11.3. The van der Waals surface area contributed by atoms with Crippen LogP contribution in [-0.2, 0) is 11.2 Å². The van der Waals surface area contributed by atoms with Crippen molar-refractivity contribution in [2.45, 2.75) is 18.9 Å². The van der Waals surface area contributed by atoms with Crippen molar-refractivity contribution in [1.82, 2.24) is 9.88 Å². The number of amides is 1. The van der Waals surface area contributed by atoms with E-state index >= 15 is 0 Å². The summed E-state index contributed by atoms with van der Waals surface area (Å²) in [5, 5.41) is 3.43. The second-order valence-corrected chi connectivity index (χ2v) is 5.70. The molecule has 0 spiro atoms. The van der Waals surface area contributed by atoms with Gasteiger partial charge in [-0.1, -0.05) is 18.2 Å². The summed E-state index contributed by atoms with van der Waals surface area (Å²) in [6, 6.07) is 11.9. The molecule has 3 rings (SSSR count). The fourth-order valence-corrected chi connectivity index (χ4v) is 2.91. The second kappa shape index (κ2) is 7.13. The van der Waals surface area contributed by atoms with E-state index in [1.165, 1.54) is 0 Å². The van der Waals surface area contributed by atoms with Gasteiger partial charge in [-0.2, -0.15) is 0 Å². The van der Waals surface area contributed by atoms with E-state index in [2.05, 4.69) is 10.3 Å². The normalized spacial score (nSPS) is 17.1. The van der Waals surface area contributed by atoms with E-state index in [4.69, 9.17) is 4.74 Å². The summed E-state index contributed by atoms with van der Waals surface area (Å²) < 4.78 is 5.32. The highest BCUT2D eigenvalue weighted by Crippen LogP contribution is 2.21. The highest BCUT2D eigenvalue weighted by Gasteiger charge is 2.26. The number of benzene rings is 1. The van der Waals surface area contributed by atoms with E-state index < -0.39 is 0 Å². The van der Waals surface area contributed by atoms with Crippen LogP contribution >= 0.6 is 0 Å². The third kappa shape index (κ3) is 3.80. The molecule has 1 unspecified atom stereocenters. The maximum atomic E-state index is 12.5. The van der Waals surface area contributed by atoms with Gasteiger partial charge in [0.15, 0.2) is 0 Å². The Labute approximate surface area is 136 Å². The lowest BCUT2D eigenvalue weighted by Crippen LogP contribution is -2.32. The Kier molecular flexibility index (Phi) is 4.76. The maximum absolute atomic E-state index is 12.5. The van der Waals surface area contributed by atoms with Gasteiger partial charge in [0.2, 0.25) is 5.91 Å². The van der Waals surface area contributed by atoms with Crippen LogP contribution in [0, 0.1) is 0 Å². The third-order valence-corrected chi connectivity index (χ3v) is 4.11. The van der Waals surface area contributed by atoms with E-state index in [-0.39, 0.29) is 11.9 Å². The number of hydrogen-bond acceptors (Lipinski definition) is 4. The molecule has 0 aliphatic carbocycles. The number of carbonyl (C=O) groups excluding carboxylic acids is 1. The number of hydrogen-bond donors (Lipinski definition) is 1. The van der Waals surface area contributed by atoms with Gasteiger partial charge in [-0.3, -0.25) is 9.78 Å². The van der Waals surface area contributed by atoms with Crippen molar-refractivity contribution in [3.8, 4) is 5.75 Å². The van der Waals surface area contributed by atoms with Crippen LogP contribution in [0.3, 0.4) is 0 Å². The Morgan fingerprint density at radius 3 is 3.00 bits per heavy atom. The number of aromatic nitrogens is 1. The lowest BCUT2D eigenvalue weighted by atomic mass is 10.1. The monoisotopic (exact) mass is 311 g/mol. The van der Waals surface area contributed by atoms with E-state index in [9.17, 15) is 4.79 Å². The quantitative estimate of drug-likeness (QED) is 0.921. The molecule has 1 aromatic heterocycles. The lowest BCUT2D eigenvalue weighted by Gasteiger charge is -2.18. The van der Waals surface area contributed by atoms with Crippen LogP contribution in [-0.4, -0.2) is 42.0 Å². The van der Waals surface area contributed by atoms with Crippen LogP contribution in [0.15, 0.2) is 48.8 Å². The number of nitrogens with one attached hydrogen (secondary N) is 1. The minimum Gasteiger partial charge on any atom is -0.496 e. The molecule has 5 heteroatoms. The van der Waals surface area contributed by atoms with Crippen molar-refractivity contribution < 1.29 is 9.53 Å². The molecule has 1 amide bonds. The Morgan fingerprint density at radius 2 is 2.22 bits per heavy atom. The van der Waals surface area contributed by atoms with Gasteiger partial charge in [0.05, 0.1) is 19.2 Å². The molecule has 1 aliphatic heterocycles. The van der Waals surface area contributed by atoms with Crippen molar-refractivity contribution in [3.05, 3.63) is 54.4 Å². The molecule has 0 saturated carbocycles. The SMILES string of the molecule is COc1ccccc1CC(=O)N1CCC(Nc2cccnc2)C1. The van der Waals surface area contributed by atoms with E-state index in [0.29, 0.717) is 6.42 Å². The Hall–Kier alpha value is -2.56. The topological polar surface area (TPSA) is 54.5 Å². The molecular weight excluding hydrogens is 290 g/mol. The number of nitrogens with zero attached hydrogens (tertiary/aromatic N) is 2. The number of likely N-dealkylation sites (tertiary alicyclic amines) is 1. The first kappa shape index (κ1) is 15.3. The molecule has 1 aliphatic rings. The molecule has 5 nitrogen and oxygen atoms in total. The Morgan fingerprint density at radius 1 is 1.35 bits per heavy atom.